The van der Waals surface area contributed by atoms with Crippen LogP contribution in [0.25, 0.3) is 0 Å². The van der Waals surface area contributed by atoms with Crippen LogP contribution in [0, 0.1) is 5.92 Å². The Kier molecular flexibility index (Phi) is 5.98. The maximum absolute atomic E-state index is 11.6. The van der Waals surface area contributed by atoms with Gasteiger partial charge in [0.2, 0.25) is 15.9 Å². The summed E-state index contributed by atoms with van der Waals surface area (Å²) in [6.07, 6.45) is 0.270. The van der Waals surface area contributed by atoms with Gasteiger partial charge in [-0.3, -0.25) is 4.79 Å². The lowest BCUT2D eigenvalue weighted by atomic mass is 10.2. The average Bonchev–Trinajstić information content (AvgIpc) is 2.37. The van der Waals surface area contributed by atoms with Crippen LogP contribution < -0.4 is 21.5 Å². The second-order valence-electron chi connectivity index (χ2n) is 5.17. The molecular weight excluding hydrogens is 292 g/mol. The molecule has 0 bridgehead atoms. The van der Waals surface area contributed by atoms with E-state index in [2.05, 4.69) is 10.6 Å². The molecule has 118 valence electrons. The van der Waals surface area contributed by atoms with Gasteiger partial charge in [0.25, 0.3) is 0 Å². The molecule has 0 fully saturated rings. The highest BCUT2D eigenvalue weighted by Crippen LogP contribution is 2.21. The lowest BCUT2D eigenvalue weighted by Crippen LogP contribution is -2.28. The van der Waals surface area contributed by atoms with Crippen LogP contribution in [0.1, 0.15) is 20.3 Å². The van der Waals surface area contributed by atoms with Crippen LogP contribution >= 0.6 is 0 Å². The van der Waals surface area contributed by atoms with E-state index >= 15 is 0 Å². The third-order valence-corrected chi connectivity index (χ3v) is 3.64. The highest BCUT2D eigenvalue weighted by Gasteiger charge is 2.10. The van der Waals surface area contributed by atoms with Gasteiger partial charge in [0.1, 0.15) is 0 Å². The molecule has 0 aliphatic carbocycles. The third kappa shape index (κ3) is 6.01. The second kappa shape index (κ2) is 7.28. The van der Waals surface area contributed by atoms with E-state index in [4.69, 9.17) is 10.9 Å². The second-order valence-corrected chi connectivity index (χ2v) is 6.73. The highest BCUT2D eigenvalue weighted by molar-refractivity contribution is 7.89. The summed E-state index contributed by atoms with van der Waals surface area (Å²) in [6.45, 7) is 5.00. The maximum atomic E-state index is 11.6. The van der Waals surface area contributed by atoms with Crippen LogP contribution in [0.4, 0.5) is 11.4 Å². The lowest BCUT2D eigenvalue weighted by molar-refractivity contribution is -0.120. The molecule has 0 saturated heterocycles. The van der Waals surface area contributed by atoms with Crippen LogP contribution in [0.3, 0.4) is 0 Å². The van der Waals surface area contributed by atoms with E-state index in [1.54, 1.807) is 0 Å². The van der Waals surface area contributed by atoms with Gasteiger partial charge in [-0.05, 0) is 24.1 Å². The summed E-state index contributed by atoms with van der Waals surface area (Å²) in [6, 6.07) is 4.16. The van der Waals surface area contributed by atoms with E-state index in [0.29, 0.717) is 30.4 Å². The van der Waals surface area contributed by atoms with Gasteiger partial charge in [-0.1, -0.05) is 13.8 Å². The fraction of sp³-hybridized carbons (Fsp3) is 0.462. The van der Waals surface area contributed by atoms with Crippen LogP contribution in [-0.2, 0) is 14.8 Å². The zero-order valence-corrected chi connectivity index (χ0v) is 13.0. The van der Waals surface area contributed by atoms with Gasteiger partial charge < -0.3 is 16.4 Å². The van der Waals surface area contributed by atoms with Gasteiger partial charge in [-0.25, -0.2) is 13.6 Å². The van der Waals surface area contributed by atoms with Gasteiger partial charge in [0.05, 0.1) is 16.3 Å². The van der Waals surface area contributed by atoms with Crippen molar-refractivity contribution in [2.45, 2.75) is 25.2 Å². The standard InChI is InChI=1S/C13H22N4O3S/c1-9(2)8-17-13(18)5-6-16-12-7-10(21(15,19)20)3-4-11(12)14/h3-4,7,9,16H,5-6,8,14H2,1-2H3,(H,17,18)(H2,15,19,20). The molecular formula is C13H22N4O3S. The largest absolute Gasteiger partial charge is 0.397 e. The van der Waals surface area contributed by atoms with E-state index in [0.717, 1.165) is 0 Å². The Labute approximate surface area is 125 Å². The summed E-state index contributed by atoms with van der Waals surface area (Å²) < 4.78 is 22.5. The topological polar surface area (TPSA) is 127 Å². The first-order valence-corrected chi connectivity index (χ1v) is 8.17. The third-order valence-electron chi connectivity index (χ3n) is 2.73. The number of nitrogens with one attached hydrogen (secondary N) is 2. The summed E-state index contributed by atoms with van der Waals surface area (Å²) in [5, 5.41) is 10.8. The quantitative estimate of drug-likeness (QED) is 0.545. The minimum Gasteiger partial charge on any atom is -0.397 e. The number of hydrogen-bond donors (Lipinski definition) is 4. The molecule has 0 heterocycles. The first-order valence-electron chi connectivity index (χ1n) is 6.63. The summed E-state index contributed by atoms with van der Waals surface area (Å²) in [4.78, 5) is 11.5. The molecule has 1 aromatic carbocycles. The zero-order chi connectivity index (χ0) is 16.0. The normalized spacial score (nSPS) is 11.4. The van der Waals surface area contributed by atoms with Crippen molar-refractivity contribution in [2.75, 3.05) is 24.1 Å². The molecule has 21 heavy (non-hydrogen) atoms. The summed E-state index contributed by atoms with van der Waals surface area (Å²) in [7, 11) is -3.78. The smallest absolute Gasteiger partial charge is 0.238 e. The van der Waals surface area contributed by atoms with Gasteiger partial charge >= 0.3 is 0 Å². The molecule has 8 heteroatoms. The monoisotopic (exact) mass is 314 g/mol. The van der Waals surface area contributed by atoms with Crippen molar-refractivity contribution >= 4 is 27.3 Å². The van der Waals surface area contributed by atoms with Crippen molar-refractivity contribution in [1.29, 1.82) is 0 Å². The van der Waals surface area contributed by atoms with Crippen molar-refractivity contribution in [2.24, 2.45) is 11.1 Å². The molecule has 0 atom stereocenters. The van der Waals surface area contributed by atoms with Crippen LogP contribution in [0.2, 0.25) is 0 Å². The number of hydrogen-bond acceptors (Lipinski definition) is 5. The number of carbonyl (C=O) groups excluding carboxylic acids is 1. The molecule has 0 aliphatic rings. The molecule has 0 saturated carbocycles. The van der Waals surface area contributed by atoms with Gasteiger partial charge in [-0.2, -0.15) is 0 Å². The molecule has 7 nitrogen and oxygen atoms in total. The Morgan fingerprint density at radius 1 is 1.33 bits per heavy atom. The maximum Gasteiger partial charge on any atom is 0.238 e. The predicted octanol–water partition coefficient (Wildman–Crippen LogP) is 0.490. The first-order chi connectivity index (χ1) is 9.70. The van der Waals surface area contributed by atoms with Crippen molar-refractivity contribution in [3.05, 3.63) is 18.2 Å². The van der Waals surface area contributed by atoms with E-state index < -0.39 is 10.0 Å². The van der Waals surface area contributed by atoms with E-state index in [-0.39, 0.29) is 17.2 Å². The fourth-order valence-corrected chi connectivity index (χ4v) is 2.12. The van der Waals surface area contributed by atoms with Crippen molar-refractivity contribution < 1.29 is 13.2 Å². The number of sulfonamides is 1. The van der Waals surface area contributed by atoms with Gasteiger partial charge in [0.15, 0.2) is 0 Å². The number of benzene rings is 1. The molecule has 1 amide bonds. The number of amides is 1. The van der Waals surface area contributed by atoms with E-state index in [1.165, 1.54) is 18.2 Å². The molecule has 0 spiro atoms. The minimum atomic E-state index is -3.78. The van der Waals surface area contributed by atoms with Gasteiger partial charge in [-0.15, -0.1) is 0 Å². The van der Waals surface area contributed by atoms with Crippen LogP contribution in [0.15, 0.2) is 23.1 Å². The number of nitrogens with two attached hydrogens (primary N) is 2. The summed E-state index contributed by atoms with van der Waals surface area (Å²) in [5.74, 6) is 0.321. The first kappa shape index (κ1) is 17.3. The Hall–Kier alpha value is -1.80. The SMILES string of the molecule is CC(C)CNC(=O)CCNc1cc(S(N)(=O)=O)ccc1N. The highest BCUT2D eigenvalue weighted by atomic mass is 32.2. The molecule has 0 unspecified atom stereocenters. The predicted molar refractivity (Wildman–Crippen MR) is 83.2 cm³/mol. The molecule has 0 aliphatic heterocycles. The van der Waals surface area contributed by atoms with Crippen molar-refractivity contribution in [1.82, 2.24) is 5.32 Å². The Morgan fingerprint density at radius 2 is 2.00 bits per heavy atom. The number of rotatable bonds is 7. The zero-order valence-electron chi connectivity index (χ0n) is 12.2. The number of primary sulfonamides is 1. The van der Waals surface area contributed by atoms with E-state index in [1.807, 2.05) is 13.8 Å². The van der Waals surface area contributed by atoms with Crippen LogP contribution in [0.5, 0.6) is 0 Å². The number of anilines is 2. The summed E-state index contributed by atoms with van der Waals surface area (Å²) >= 11 is 0. The number of carbonyl (C=O) groups is 1. The average molecular weight is 314 g/mol. The minimum absolute atomic E-state index is 0.0246. The molecule has 6 N–H and O–H groups in total. The molecule has 1 aromatic rings. The number of nitrogen functional groups attached to an aromatic ring is 1. The Bertz CT molecular complexity index is 599. The van der Waals surface area contributed by atoms with Crippen molar-refractivity contribution in [3.8, 4) is 0 Å². The van der Waals surface area contributed by atoms with Gasteiger partial charge in [0, 0.05) is 19.5 Å². The van der Waals surface area contributed by atoms with Crippen LogP contribution in [-0.4, -0.2) is 27.4 Å². The Balaban J connectivity index is 2.58. The fourth-order valence-electron chi connectivity index (χ4n) is 1.58. The van der Waals surface area contributed by atoms with E-state index in [9.17, 15) is 13.2 Å². The molecule has 0 aromatic heterocycles. The molecule has 0 radical (unpaired) electrons. The molecule has 1 rings (SSSR count). The van der Waals surface area contributed by atoms with Crippen molar-refractivity contribution in [3.63, 3.8) is 0 Å². The Morgan fingerprint density at radius 3 is 2.57 bits per heavy atom. The summed E-state index contributed by atoms with van der Waals surface area (Å²) in [5.41, 5.74) is 6.59. The lowest BCUT2D eigenvalue weighted by Gasteiger charge is -2.11.